The molecule has 1 aliphatic rings. The molecular formula is C12H17NO. The van der Waals surface area contributed by atoms with Gasteiger partial charge in [-0.2, -0.15) is 0 Å². The number of rotatable bonds is 3. The van der Waals surface area contributed by atoms with Crippen LogP contribution in [0.2, 0.25) is 0 Å². The normalized spacial score (nSPS) is 21.9. The zero-order valence-corrected chi connectivity index (χ0v) is 8.54. The van der Waals surface area contributed by atoms with Gasteiger partial charge in [0.25, 0.3) is 0 Å². The van der Waals surface area contributed by atoms with Crippen LogP contribution < -0.4 is 0 Å². The Hall–Kier alpha value is -1.31. The molecule has 1 rings (SSSR count). The molecule has 0 aliphatic carbocycles. The van der Waals surface area contributed by atoms with Crippen molar-refractivity contribution in [3.63, 3.8) is 0 Å². The van der Waals surface area contributed by atoms with Crippen molar-refractivity contribution in [3.05, 3.63) is 36.6 Å². The van der Waals surface area contributed by atoms with Crippen LogP contribution in [0.1, 0.15) is 19.3 Å². The Morgan fingerprint density at radius 2 is 2.29 bits per heavy atom. The fourth-order valence-electron chi connectivity index (χ4n) is 1.63. The summed E-state index contributed by atoms with van der Waals surface area (Å²) in [6.07, 6.45) is 8.05. The topological polar surface area (TPSA) is 20.3 Å². The van der Waals surface area contributed by atoms with Crippen LogP contribution in [-0.4, -0.2) is 24.3 Å². The quantitative estimate of drug-likeness (QED) is 0.638. The van der Waals surface area contributed by atoms with Crippen molar-refractivity contribution >= 4 is 6.29 Å². The molecule has 76 valence electrons. The van der Waals surface area contributed by atoms with Crippen LogP contribution in [0.4, 0.5) is 0 Å². The van der Waals surface area contributed by atoms with E-state index in [1.165, 1.54) is 0 Å². The van der Waals surface area contributed by atoms with Crippen LogP contribution in [0, 0.1) is 0 Å². The van der Waals surface area contributed by atoms with E-state index in [1.54, 1.807) is 6.08 Å². The fraction of sp³-hybridized carbons (Fsp3) is 0.417. The summed E-state index contributed by atoms with van der Waals surface area (Å²) >= 11 is 0. The van der Waals surface area contributed by atoms with Gasteiger partial charge < -0.3 is 9.69 Å². The summed E-state index contributed by atoms with van der Waals surface area (Å²) in [5.41, 5.74) is 2.14. The van der Waals surface area contributed by atoms with E-state index in [9.17, 15) is 4.79 Å². The Kier molecular flexibility index (Phi) is 4.17. The molecule has 0 aromatic carbocycles. The summed E-state index contributed by atoms with van der Waals surface area (Å²) in [5, 5.41) is 0. The van der Waals surface area contributed by atoms with Gasteiger partial charge in [0.15, 0.2) is 0 Å². The predicted molar refractivity (Wildman–Crippen MR) is 58.9 cm³/mol. The van der Waals surface area contributed by atoms with E-state index in [1.807, 2.05) is 11.0 Å². The van der Waals surface area contributed by atoms with Crippen molar-refractivity contribution in [2.75, 3.05) is 13.1 Å². The second kappa shape index (κ2) is 5.43. The smallest absolute Gasteiger partial charge is 0.139 e. The van der Waals surface area contributed by atoms with Crippen LogP contribution in [0.3, 0.4) is 0 Å². The van der Waals surface area contributed by atoms with Gasteiger partial charge in [-0.25, -0.2) is 0 Å². The fourth-order valence-corrected chi connectivity index (χ4v) is 1.63. The summed E-state index contributed by atoms with van der Waals surface area (Å²) in [5.74, 6) is 0. The Morgan fingerprint density at radius 3 is 2.93 bits per heavy atom. The number of allylic oxidation sites excluding steroid dienone is 3. The molecule has 0 unspecified atom stereocenters. The van der Waals surface area contributed by atoms with Crippen molar-refractivity contribution in [2.24, 2.45) is 0 Å². The van der Waals surface area contributed by atoms with Gasteiger partial charge in [0.2, 0.25) is 0 Å². The van der Waals surface area contributed by atoms with Gasteiger partial charge in [-0.15, -0.1) is 0 Å². The van der Waals surface area contributed by atoms with Gasteiger partial charge in [-0.3, -0.25) is 0 Å². The first-order chi connectivity index (χ1) is 6.77. The number of carbonyl (C=O) groups excluding carboxylic acids is 1. The van der Waals surface area contributed by atoms with E-state index in [2.05, 4.69) is 13.2 Å². The van der Waals surface area contributed by atoms with Gasteiger partial charge in [-0.1, -0.05) is 18.7 Å². The molecule has 0 amide bonds. The average Bonchev–Trinajstić information content (AvgIpc) is 2.16. The van der Waals surface area contributed by atoms with Gasteiger partial charge >= 0.3 is 0 Å². The third kappa shape index (κ3) is 2.87. The van der Waals surface area contributed by atoms with Gasteiger partial charge in [0, 0.05) is 12.2 Å². The minimum atomic E-state index is 0.450. The molecular weight excluding hydrogens is 174 g/mol. The largest absolute Gasteiger partial charge is 0.365 e. The zero-order chi connectivity index (χ0) is 10.4. The van der Waals surface area contributed by atoms with Crippen molar-refractivity contribution in [1.29, 1.82) is 0 Å². The van der Waals surface area contributed by atoms with Crippen LogP contribution in [0.5, 0.6) is 0 Å². The molecule has 1 aliphatic heterocycles. The average molecular weight is 191 g/mol. The summed E-state index contributed by atoms with van der Waals surface area (Å²) in [7, 11) is 0. The van der Waals surface area contributed by atoms with Crippen molar-refractivity contribution in [1.82, 2.24) is 4.90 Å². The lowest BCUT2D eigenvalue weighted by Gasteiger charge is -2.25. The molecule has 0 spiro atoms. The highest BCUT2D eigenvalue weighted by Gasteiger charge is 2.09. The Labute approximate surface area is 85.6 Å². The van der Waals surface area contributed by atoms with E-state index in [4.69, 9.17) is 0 Å². The van der Waals surface area contributed by atoms with Crippen LogP contribution in [-0.2, 0) is 4.79 Å². The molecule has 0 N–H and O–H groups in total. The molecule has 0 saturated carbocycles. The molecule has 0 aromatic heterocycles. The predicted octanol–water partition coefficient (Wildman–Crippen LogP) is 2.30. The molecule has 0 atom stereocenters. The number of aldehydes is 1. The van der Waals surface area contributed by atoms with E-state index >= 15 is 0 Å². The van der Waals surface area contributed by atoms with E-state index in [-0.39, 0.29) is 0 Å². The molecule has 2 heteroatoms. The van der Waals surface area contributed by atoms with E-state index in [0.29, 0.717) is 6.54 Å². The summed E-state index contributed by atoms with van der Waals surface area (Å²) in [4.78, 5) is 12.5. The van der Waals surface area contributed by atoms with Crippen LogP contribution in [0.15, 0.2) is 36.6 Å². The van der Waals surface area contributed by atoms with Crippen LogP contribution >= 0.6 is 0 Å². The molecule has 0 aromatic rings. The highest BCUT2D eigenvalue weighted by atomic mass is 16.1. The van der Waals surface area contributed by atoms with Gasteiger partial charge in [0.05, 0.1) is 6.54 Å². The minimum absolute atomic E-state index is 0.450. The number of hydrogen-bond donors (Lipinski definition) is 0. The summed E-state index contributed by atoms with van der Waals surface area (Å²) < 4.78 is 0. The maximum Gasteiger partial charge on any atom is 0.139 e. The van der Waals surface area contributed by atoms with E-state index < -0.39 is 0 Å². The Bertz CT molecular complexity index is 265. The highest BCUT2D eigenvalue weighted by molar-refractivity contribution is 5.53. The van der Waals surface area contributed by atoms with Crippen LogP contribution in [0.25, 0.3) is 0 Å². The third-order valence-electron chi connectivity index (χ3n) is 2.40. The lowest BCUT2D eigenvalue weighted by atomic mass is 10.1. The maximum absolute atomic E-state index is 10.5. The van der Waals surface area contributed by atoms with Crippen molar-refractivity contribution in [2.45, 2.75) is 19.3 Å². The minimum Gasteiger partial charge on any atom is -0.365 e. The molecule has 14 heavy (non-hydrogen) atoms. The molecule has 1 heterocycles. The molecule has 0 saturated heterocycles. The maximum atomic E-state index is 10.5. The highest BCUT2D eigenvalue weighted by Crippen LogP contribution is 2.17. The number of nitrogens with zero attached hydrogens (tertiary/aromatic N) is 1. The monoisotopic (exact) mass is 191 g/mol. The van der Waals surface area contributed by atoms with Gasteiger partial charge in [0.1, 0.15) is 6.29 Å². The third-order valence-corrected chi connectivity index (χ3v) is 2.40. The number of carbonyl (C=O) groups is 1. The second-order valence-corrected chi connectivity index (χ2v) is 3.50. The Balaban J connectivity index is 2.82. The van der Waals surface area contributed by atoms with Crippen molar-refractivity contribution in [3.8, 4) is 0 Å². The molecule has 2 nitrogen and oxygen atoms in total. The van der Waals surface area contributed by atoms with Gasteiger partial charge in [-0.05, 0) is 31.4 Å². The Morgan fingerprint density at radius 1 is 1.50 bits per heavy atom. The first-order valence-electron chi connectivity index (χ1n) is 4.98. The lowest BCUT2D eigenvalue weighted by Crippen LogP contribution is -2.26. The first-order valence-corrected chi connectivity index (χ1v) is 4.98. The number of hydrogen-bond acceptors (Lipinski definition) is 2. The second-order valence-electron chi connectivity index (χ2n) is 3.50. The summed E-state index contributed by atoms with van der Waals surface area (Å²) in [6, 6.07) is 0. The zero-order valence-electron chi connectivity index (χ0n) is 8.54. The molecule has 0 bridgehead atoms. The molecule has 0 fully saturated rings. The van der Waals surface area contributed by atoms with Crippen molar-refractivity contribution < 1.29 is 4.79 Å². The molecule has 0 radical (unpaired) electrons. The lowest BCUT2D eigenvalue weighted by molar-refractivity contribution is -0.108. The first kappa shape index (κ1) is 10.8. The van der Waals surface area contributed by atoms with E-state index in [0.717, 1.165) is 43.4 Å². The SMILES string of the molecule is C=C/C1=C/C(=C)CCCCN1CC=O. The summed E-state index contributed by atoms with van der Waals surface area (Å²) in [6.45, 7) is 9.11. The standard InChI is InChI=1S/C12H17NO/c1-3-12-10-11(2)6-4-5-7-13(12)8-9-14/h3,9-10H,1-2,4-8H2/b12-10-.